The van der Waals surface area contributed by atoms with Crippen molar-refractivity contribution < 1.29 is 5.11 Å². The highest BCUT2D eigenvalue weighted by atomic mass is 32.1. The van der Waals surface area contributed by atoms with Gasteiger partial charge in [0.2, 0.25) is 0 Å². The maximum Gasteiger partial charge on any atom is 0.136 e. The van der Waals surface area contributed by atoms with Crippen molar-refractivity contribution in [2.45, 2.75) is 26.0 Å². The Morgan fingerprint density at radius 3 is 2.85 bits per heavy atom. The number of aliphatic hydroxyl groups is 1. The highest BCUT2D eigenvalue weighted by molar-refractivity contribution is 7.09. The standard InChI is InChI=1S/C14H16N4OS/c1-14(2,13-16-5-6-20-13)18-11-4-3-9(15)7-10(11)17-12(18)8-19/h3-7,19H,8,15H2,1-2H3. The molecule has 0 unspecified atom stereocenters. The molecular weight excluding hydrogens is 272 g/mol. The molecule has 20 heavy (non-hydrogen) atoms. The summed E-state index contributed by atoms with van der Waals surface area (Å²) in [7, 11) is 0. The Balaban J connectivity index is 2.29. The summed E-state index contributed by atoms with van der Waals surface area (Å²) in [5.74, 6) is 0.616. The predicted octanol–water partition coefficient (Wildman–Crippen LogP) is 2.35. The van der Waals surface area contributed by atoms with E-state index in [1.165, 1.54) is 0 Å². The summed E-state index contributed by atoms with van der Waals surface area (Å²) in [6, 6.07) is 5.61. The van der Waals surface area contributed by atoms with Gasteiger partial charge in [0, 0.05) is 17.3 Å². The third-order valence-corrected chi connectivity index (χ3v) is 4.49. The van der Waals surface area contributed by atoms with Crippen LogP contribution in [0.15, 0.2) is 29.8 Å². The molecule has 3 rings (SSSR count). The van der Waals surface area contributed by atoms with Crippen LogP contribution in [0.25, 0.3) is 11.0 Å². The Hall–Kier alpha value is -1.92. The normalized spacial score (nSPS) is 12.2. The van der Waals surface area contributed by atoms with Crippen LogP contribution >= 0.6 is 11.3 Å². The zero-order valence-electron chi connectivity index (χ0n) is 11.4. The van der Waals surface area contributed by atoms with E-state index in [2.05, 4.69) is 23.8 Å². The summed E-state index contributed by atoms with van der Waals surface area (Å²) in [5.41, 5.74) is 7.83. The first-order chi connectivity index (χ1) is 9.54. The number of hydrogen-bond donors (Lipinski definition) is 2. The number of aromatic nitrogens is 3. The topological polar surface area (TPSA) is 77.0 Å². The molecule has 0 saturated heterocycles. The second-order valence-electron chi connectivity index (χ2n) is 5.17. The molecule has 5 nitrogen and oxygen atoms in total. The Labute approximate surface area is 120 Å². The Morgan fingerprint density at radius 2 is 2.20 bits per heavy atom. The van der Waals surface area contributed by atoms with Crippen molar-refractivity contribution in [2.24, 2.45) is 0 Å². The van der Waals surface area contributed by atoms with E-state index in [-0.39, 0.29) is 12.1 Å². The molecule has 6 heteroatoms. The van der Waals surface area contributed by atoms with Crippen LogP contribution in [0.5, 0.6) is 0 Å². The van der Waals surface area contributed by atoms with E-state index in [4.69, 9.17) is 5.73 Å². The first-order valence-corrected chi connectivity index (χ1v) is 7.20. The van der Waals surface area contributed by atoms with Crippen molar-refractivity contribution in [1.82, 2.24) is 14.5 Å². The van der Waals surface area contributed by atoms with Crippen molar-refractivity contribution in [3.8, 4) is 0 Å². The van der Waals surface area contributed by atoms with E-state index >= 15 is 0 Å². The number of rotatable bonds is 3. The quantitative estimate of drug-likeness (QED) is 0.725. The zero-order chi connectivity index (χ0) is 14.3. The number of fused-ring (bicyclic) bond motifs is 1. The smallest absolute Gasteiger partial charge is 0.136 e. The molecule has 0 bridgehead atoms. The number of hydrogen-bond acceptors (Lipinski definition) is 5. The fraction of sp³-hybridized carbons (Fsp3) is 0.286. The molecule has 2 aromatic heterocycles. The molecule has 104 valence electrons. The molecule has 3 N–H and O–H groups in total. The van der Waals surface area contributed by atoms with Gasteiger partial charge >= 0.3 is 0 Å². The van der Waals surface area contributed by atoms with Crippen LogP contribution in [0, 0.1) is 0 Å². The molecule has 2 heterocycles. The summed E-state index contributed by atoms with van der Waals surface area (Å²) in [6.07, 6.45) is 1.79. The van der Waals surface area contributed by atoms with Crippen LogP contribution in [0.4, 0.5) is 5.69 Å². The number of nitrogen functional groups attached to an aromatic ring is 1. The molecule has 0 spiro atoms. The number of anilines is 1. The summed E-state index contributed by atoms with van der Waals surface area (Å²) in [5, 5.41) is 12.5. The number of aliphatic hydroxyl groups excluding tert-OH is 1. The number of nitrogens with two attached hydrogens (primary N) is 1. The monoisotopic (exact) mass is 288 g/mol. The van der Waals surface area contributed by atoms with E-state index in [1.807, 2.05) is 28.1 Å². The Bertz CT molecular complexity index is 746. The minimum Gasteiger partial charge on any atom is -0.399 e. The van der Waals surface area contributed by atoms with Gasteiger partial charge < -0.3 is 15.4 Å². The second kappa shape index (κ2) is 4.57. The fourth-order valence-corrected chi connectivity index (χ4v) is 3.25. The number of imidazole rings is 1. The maximum absolute atomic E-state index is 9.62. The molecule has 0 aliphatic rings. The maximum atomic E-state index is 9.62. The molecule has 0 fully saturated rings. The predicted molar refractivity (Wildman–Crippen MR) is 80.6 cm³/mol. The van der Waals surface area contributed by atoms with E-state index < -0.39 is 0 Å². The molecule has 3 aromatic rings. The number of nitrogens with zero attached hydrogens (tertiary/aromatic N) is 3. The van der Waals surface area contributed by atoms with Crippen LogP contribution in [-0.4, -0.2) is 19.6 Å². The van der Waals surface area contributed by atoms with Crippen LogP contribution in [0.2, 0.25) is 0 Å². The molecule has 0 radical (unpaired) electrons. The lowest BCUT2D eigenvalue weighted by Gasteiger charge is -2.27. The third kappa shape index (κ3) is 1.88. The van der Waals surface area contributed by atoms with Gasteiger partial charge in [-0.2, -0.15) is 0 Å². The largest absolute Gasteiger partial charge is 0.399 e. The van der Waals surface area contributed by atoms with Gasteiger partial charge in [0.05, 0.1) is 16.6 Å². The van der Waals surface area contributed by atoms with Crippen molar-refractivity contribution in [2.75, 3.05) is 5.73 Å². The molecule has 0 aliphatic carbocycles. The highest BCUT2D eigenvalue weighted by Gasteiger charge is 2.30. The number of thiazole rings is 1. The van der Waals surface area contributed by atoms with Crippen molar-refractivity contribution in [3.05, 3.63) is 40.6 Å². The van der Waals surface area contributed by atoms with Gasteiger partial charge in [-0.3, -0.25) is 0 Å². The van der Waals surface area contributed by atoms with E-state index in [0.717, 1.165) is 16.0 Å². The second-order valence-corrected chi connectivity index (χ2v) is 6.06. The number of benzene rings is 1. The summed E-state index contributed by atoms with van der Waals surface area (Å²) < 4.78 is 2.03. The Kier molecular flexibility index (Phi) is 2.99. The van der Waals surface area contributed by atoms with Crippen LogP contribution < -0.4 is 5.73 Å². The summed E-state index contributed by atoms with van der Waals surface area (Å²) in [6.45, 7) is 4.02. The van der Waals surface area contributed by atoms with Crippen molar-refractivity contribution >= 4 is 28.1 Å². The van der Waals surface area contributed by atoms with Crippen LogP contribution in [0.1, 0.15) is 24.7 Å². The lowest BCUT2D eigenvalue weighted by molar-refractivity contribution is 0.255. The SMILES string of the molecule is CC(C)(c1nccs1)n1c(CO)nc2cc(N)ccc21. The first kappa shape index (κ1) is 13.1. The van der Waals surface area contributed by atoms with E-state index in [1.54, 1.807) is 17.5 Å². The van der Waals surface area contributed by atoms with Gasteiger partial charge in [0.1, 0.15) is 17.4 Å². The minimum absolute atomic E-state index is 0.122. The summed E-state index contributed by atoms with van der Waals surface area (Å²) >= 11 is 1.59. The highest BCUT2D eigenvalue weighted by Crippen LogP contribution is 2.33. The molecule has 0 saturated carbocycles. The third-order valence-electron chi connectivity index (χ3n) is 3.40. The molecule has 1 aromatic carbocycles. The lowest BCUT2D eigenvalue weighted by Crippen LogP contribution is -2.29. The van der Waals surface area contributed by atoms with E-state index in [0.29, 0.717) is 11.5 Å². The average molecular weight is 288 g/mol. The Morgan fingerprint density at radius 1 is 1.40 bits per heavy atom. The molecule has 0 aliphatic heterocycles. The van der Waals surface area contributed by atoms with Gasteiger partial charge in [-0.1, -0.05) is 0 Å². The van der Waals surface area contributed by atoms with Gasteiger partial charge in [-0.15, -0.1) is 11.3 Å². The molecular formula is C14H16N4OS. The van der Waals surface area contributed by atoms with Gasteiger partial charge in [-0.25, -0.2) is 9.97 Å². The van der Waals surface area contributed by atoms with Gasteiger partial charge in [0.15, 0.2) is 0 Å². The average Bonchev–Trinajstić information content (AvgIpc) is 3.05. The van der Waals surface area contributed by atoms with Crippen LogP contribution in [-0.2, 0) is 12.1 Å². The van der Waals surface area contributed by atoms with Gasteiger partial charge in [0.25, 0.3) is 0 Å². The first-order valence-electron chi connectivity index (χ1n) is 6.32. The van der Waals surface area contributed by atoms with Crippen LogP contribution in [0.3, 0.4) is 0 Å². The zero-order valence-corrected chi connectivity index (χ0v) is 12.2. The fourth-order valence-electron chi connectivity index (χ4n) is 2.50. The van der Waals surface area contributed by atoms with Crippen molar-refractivity contribution in [1.29, 1.82) is 0 Å². The summed E-state index contributed by atoms with van der Waals surface area (Å²) in [4.78, 5) is 8.89. The molecule has 0 amide bonds. The molecule has 0 atom stereocenters. The van der Waals surface area contributed by atoms with Crippen molar-refractivity contribution in [3.63, 3.8) is 0 Å². The lowest BCUT2D eigenvalue weighted by atomic mass is 10.1. The minimum atomic E-state index is -0.378. The van der Waals surface area contributed by atoms with E-state index in [9.17, 15) is 5.11 Å². The van der Waals surface area contributed by atoms with Gasteiger partial charge in [-0.05, 0) is 32.0 Å².